The molecular formula is C30H39N7O4S. The maximum Gasteiger partial charge on any atom is 0.241 e. The second-order valence-electron chi connectivity index (χ2n) is 10.9. The van der Waals surface area contributed by atoms with Crippen molar-refractivity contribution in [1.82, 2.24) is 19.7 Å². The van der Waals surface area contributed by atoms with Crippen molar-refractivity contribution in [3.8, 4) is 5.75 Å². The summed E-state index contributed by atoms with van der Waals surface area (Å²) in [7, 11) is -2.42. The molecule has 1 aromatic carbocycles. The Bertz CT molecular complexity index is 1540. The normalized spacial score (nSPS) is 16.3. The van der Waals surface area contributed by atoms with E-state index in [0.717, 1.165) is 68.2 Å². The summed E-state index contributed by atoms with van der Waals surface area (Å²) in [5.74, 6) is 3.69. The number of ether oxygens (including phenoxy) is 1. The molecule has 1 atom stereocenters. The van der Waals surface area contributed by atoms with E-state index >= 15 is 0 Å². The number of nitrogens with zero attached hydrogens (tertiary/aromatic N) is 4. The van der Waals surface area contributed by atoms with Gasteiger partial charge >= 0.3 is 0 Å². The quantitative estimate of drug-likeness (QED) is 0.320. The molecule has 0 saturated carbocycles. The number of nitrogens with one attached hydrogen (secondary N) is 3. The molecule has 0 spiro atoms. The first kappa shape index (κ1) is 29.7. The Morgan fingerprint density at radius 1 is 1.10 bits per heavy atom. The Labute approximate surface area is 247 Å². The molecule has 0 aliphatic carbocycles. The average Bonchev–Trinajstić information content (AvgIpc) is 3.00. The van der Waals surface area contributed by atoms with Gasteiger partial charge in [-0.25, -0.2) is 23.4 Å². The van der Waals surface area contributed by atoms with E-state index in [2.05, 4.69) is 37.4 Å². The number of aromatic nitrogens is 3. The van der Waals surface area contributed by atoms with Crippen LogP contribution < -0.4 is 25.0 Å². The fourth-order valence-electron chi connectivity index (χ4n) is 5.53. The highest BCUT2D eigenvalue weighted by molar-refractivity contribution is 7.89. The molecule has 224 valence electrons. The van der Waals surface area contributed by atoms with Gasteiger partial charge in [-0.3, -0.25) is 4.79 Å². The van der Waals surface area contributed by atoms with Crippen molar-refractivity contribution in [1.29, 1.82) is 0 Å². The number of benzene rings is 1. The van der Waals surface area contributed by atoms with Gasteiger partial charge in [-0.1, -0.05) is 6.07 Å². The first-order chi connectivity index (χ1) is 20.1. The second-order valence-corrected chi connectivity index (χ2v) is 12.7. The lowest BCUT2D eigenvalue weighted by Crippen LogP contribution is -2.44. The summed E-state index contributed by atoms with van der Waals surface area (Å²) in [6, 6.07) is 9.43. The number of sulfonamides is 1. The number of anilines is 3. The molecule has 1 fully saturated rings. The van der Waals surface area contributed by atoms with Crippen molar-refractivity contribution in [2.45, 2.75) is 63.3 Å². The lowest BCUT2D eigenvalue weighted by atomic mass is 9.92. The Kier molecular flexibility index (Phi) is 8.93. The lowest BCUT2D eigenvalue weighted by molar-refractivity contribution is -0.118. The summed E-state index contributed by atoms with van der Waals surface area (Å²) in [5, 5.41) is 6.65. The summed E-state index contributed by atoms with van der Waals surface area (Å²) in [4.78, 5) is 29.0. The van der Waals surface area contributed by atoms with Crippen LogP contribution in [0, 0.1) is 13.8 Å². The maximum absolute atomic E-state index is 13.0. The van der Waals surface area contributed by atoms with Gasteiger partial charge in [-0.05, 0) is 82.3 Å². The van der Waals surface area contributed by atoms with E-state index in [9.17, 15) is 13.2 Å². The molecule has 4 heterocycles. The van der Waals surface area contributed by atoms with Gasteiger partial charge in [0.25, 0.3) is 0 Å². The highest BCUT2D eigenvalue weighted by Crippen LogP contribution is 2.33. The summed E-state index contributed by atoms with van der Waals surface area (Å²) in [6.07, 6.45) is 4.17. The number of Topliss-reactive ketones (excluding diaryl/α,β-unsaturated/α-hetero) is 1. The molecule has 2 aromatic heterocycles. The molecule has 0 amide bonds. The number of pyridine rings is 1. The van der Waals surface area contributed by atoms with Gasteiger partial charge in [-0.15, -0.1) is 0 Å². The third kappa shape index (κ3) is 6.65. The summed E-state index contributed by atoms with van der Waals surface area (Å²) >= 11 is 0. The zero-order valence-electron chi connectivity index (χ0n) is 24.6. The zero-order valence-corrected chi connectivity index (χ0v) is 25.4. The summed E-state index contributed by atoms with van der Waals surface area (Å²) in [5.41, 5.74) is 3.30. The van der Waals surface area contributed by atoms with Gasteiger partial charge in [0, 0.05) is 43.4 Å². The molecule has 1 saturated heterocycles. The third-order valence-corrected chi connectivity index (χ3v) is 9.48. The molecule has 0 unspecified atom stereocenters. The summed E-state index contributed by atoms with van der Waals surface area (Å²) < 4.78 is 33.6. The molecule has 5 rings (SSSR count). The van der Waals surface area contributed by atoms with Crippen molar-refractivity contribution in [3.63, 3.8) is 0 Å². The number of carbonyl (C=O) groups is 1. The van der Waals surface area contributed by atoms with Gasteiger partial charge in [0.2, 0.25) is 10.0 Å². The van der Waals surface area contributed by atoms with Crippen LogP contribution in [0.4, 0.5) is 17.5 Å². The average molecular weight is 594 g/mol. The Morgan fingerprint density at radius 2 is 1.83 bits per heavy atom. The zero-order chi connectivity index (χ0) is 29.9. The molecule has 0 bridgehead atoms. The highest BCUT2D eigenvalue weighted by Gasteiger charge is 2.27. The maximum atomic E-state index is 13.0. The second kappa shape index (κ2) is 12.6. The number of rotatable bonds is 10. The fourth-order valence-corrected chi connectivity index (χ4v) is 6.78. The smallest absolute Gasteiger partial charge is 0.241 e. The van der Waals surface area contributed by atoms with E-state index in [-0.39, 0.29) is 17.2 Å². The molecular weight excluding hydrogens is 554 g/mol. The van der Waals surface area contributed by atoms with Gasteiger partial charge in [0.15, 0.2) is 0 Å². The minimum absolute atomic E-state index is 0.0432. The first-order valence-corrected chi connectivity index (χ1v) is 15.9. The van der Waals surface area contributed by atoms with Crippen LogP contribution in [-0.4, -0.2) is 68.5 Å². The number of piperidine rings is 1. The Balaban J connectivity index is 1.25. The van der Waals surface area contributed by atoms with E-state index in [0.29, 0.717) is 23.3 Å². The number of hydrogen-bond acceptors (Lipinski definition) is 10. The van der Waals surface area contributed by atoms with Crippen LogP contribution in [0.1, 0.15) is 54.7 Å². The lowest BCUT2D eigenvalue weighted by Gasteiger charge is -2.34. The number of aryl methyl sites for hydroxylation is 2. The van der Waals surface area contributed by atoms with Crippen LogP contribution in [0.3, 0.4) is 0 Å². The van der Waals surface area contributed by atoms with Crippen LogP contribution in [0.5, 0.6) is 5.75 Å². The Morgan fingerprint density at radius 3 is 2.52 bits per heavy atom. The number of methoxy groups -OCH3 is 1. The molecule has 42 heavy (non-hydrogen) atoms. The SMILES string of the molecule is COc1ccc(S(=O)(=O)N[C@@H](CNc2nc(C)nc(N3CCC(c4ccc5c(n4)NCCC5)CC3)c2C)C(C)=O)cc1. The molecule has 0 radical (unpaired) electrons. The molecule has 3 N–H and O–H groups in total. The standard InChI is InChI=1S/C30H39N7O4S/c1-19-28(32-18-27(20(2)38)36-42(39,40)25-10-8-24(41-4)9-11-25)33-21(3)34-30(19)37-16-13-22(14-17-37)26-12-7-23-6-5-15-31-29(23)35-26/h7-12,22,27,36H,5-6,13-18H2,1-4H3,(H,31,35)(H,32,33,34)/t27-/m0/s1. The van der Waals surface area contributed by atoms with E-state index in [1.54, 1.807) is 12.1 Å². The van der Waals surface area contributed by atoms with E-state index < -0.39 is 16.1 Å². The monoisotopic (exact) mass is 593 g/mol. The van der Waals surface area contributed by atoms with Crippen LogP contribution in [-0.2, 0) is 21.2 Å². The van der Waals surface area contributed by atoms with Gasteiger partial charge < -0.3 is 20.3 Å². The molecule has 11 nitrogen and oxygen atoms in total. The number of carbonyl (C=O) groups excluding carboxylic acids is 1. The topological polar surface area (TPSA) is 138 Å². The first-order valence-electron chi connectivity index (χ1n) is 14.4. The number of hydrogen-bond donors (Lipinski definition) is 3. The van der Waals surface area contributed by atoms with E-state index in [4.69, 9.17) is 14.7 Å². The predicted molar refractivity (Wildman–Crippen MR) is 163 cm³/mol. The van der Waals surface area contributed by atoms with E-state index in [1.165, 1.54) is 31.7 Å². The van der Waals surface area contributed by atoms with Crippen LogP contribution >= 0.6 is 0 Å². The Hall–Kier alpha value is -3.77. The van der Waals surface area contributed by atoms with Crippen molar-refractivity contribution >= 4 is 33.3 Å². The summed E-state index contributed by atoms with van der Waals surface area (Å²) in [6.45, 7) is 7.85. The van der Waals surface area contributed by atoms with Gasteiger partial charge in [-0.2, -0.15) is 4.72 Å². The number of fused-ring (bicyclic) bond motifs is 1. The van der Waals surface area contributed by atoms with Crippen LogP contribution in [0.25, 0.3) is 0 Å². The molecule has 2 aliphatic rings. The van der Waals surface area contributed by atoms with Crippen LogP contribution in [0.2, 0.25) is 0 Å². The van der Waals surface area contributed by atoms with Crippen molar-refractivity contribution in [3.05, 3.63) is 59.0 Å². The number of ketones is 1. The van der Waals surface area contributed by atoms with Crippen LogP contribution in [0.15, 0.2) is 41.3 Å². The predicted octanol–water partition coefficient (Wildman–Crippen LogP) is 3.59. The molecule has 2 aliphatic heterocycles. The van der Waals surface area contributed by atoms with Gasteiger partial charge in [0.05, 0.1) is 18.0 Å². The minimum atomic E-state index is -3.93. The van der Waals surface area contributed by atoms with Crippen molar-refractivity contribution in [2.24, 2.45) is 0 Å². The minimum Gasteiger partial charge on any atom is -0.497 e. The third-order valence-electron chi connectivity index (χ3n) is 7.99. The van der Waals surface area contributed by atoms with E-state index in [1.807, 2.05) is 13.8 Å². The molecule has 12 heteroatoms. The fraction of sp³-hybridized carbons (Fsp3) is 0.467. The highest BCUT2D eigenvalue weighted by atomic mass is 32.2. The van der Waals surface area contributed by atoms with Gasteiger partial charge in [0.1, 0.15) is 34.8 Å². The largest absolute Gasteiger partial charge is 0.497 e. The molecule has 3 aromatic rings. The van der Waals surface area contributed by atoms with Crippen molar-refractivity contribution < 1.29 is 17.9 Å². The van der Waals surface area contributed by atoms with Crippen molar-refractivity contribution in [2.75, 3.05) is 48.8 Å².